The van der Waals surface area contributed by atoms with Crippen LogP contribution < -0.4 is 0 Å². The summed E-state index contributed by atoms with van der Waals surface area (Å²) in [5.41, 5.74) is 1.43. The predicted molar refractivity (Wildman–Crippen MR) is 43.7 cm³/mol. The zero-order valence-electron chi connectivity index (χ0n) is 6.95. The smallest absolute Gasteiger partial charge is 0.132 e. The van der Waals surface area contributed by atoms with Crippen molar-refractivity contribution >= 4 is 6.29 Å². The summed E-state index contributed by atoms with van der Waals surface area (Å²) in [6.07, 6.45) is 6.25. The Labute approximate surface area is 70.9 Å². The Bertz CT molecular complexity index is 301. The van der Waals surface area contributed by atoms with E-state index in [1.54, 1.807) is 12.4 Å². The van der Waals surface area contributed by atoms with E-state index in [1.807, 2.05) is 6.92 Å². The molecule has 0 amide bonds. The zero-order chi connectivity index (χ0) is 8.60. The number of aromatic nitrogens is 2. The molecule has 1 aromatic heterocycles. The van der Waals surface area contributed by atoms with E-state index in [1.165, 1.54) is 0 Å². The minimum atomic E-state index is -0.277. The Balaban J connectivity index is 2.35. The van der Waals surface area contributed by atoms with E-state index >= 15 is 0 Å². The number of hydrogen-bond donors (Lipinski definition) is 0. The fourth-order valence-corrected chi connectivity index (χ4v) is 1.22. The summed E-state index contributed by atoms with van der Waals surface area (Å²) < 4.78 is 0. The number of carbonyl (C=O) groups excluding carboxylic acids is 1. The molecule has 1 heterocycles. The van der Waals surface area contributed by atoms with Crippen LogP contribution in [0.15, 0.2) is 12.4 Å². The van der Waals surface area contributed by atoms with Gasteiger partial charge in [-0.3, -0.25) is 9.97 Å². The normalized spacial score (nSPS) is 18.8. The molecular weight excluding hydrogens is 152 g/mol. The van der Waals surface area contributed by atoms with Crippen LogP contribution in [0.4, 0.5) is 0 Å². The molecule has 0 unspecified atom stereocenters. The first-order chi connectivity index (χ1) is 5.77. The van der Waals surface area contributed by atoms with Gasteiger partial charge in [-0.25, -0.2) is 0 Å². The second-order valence-electron chi connectivity index (χ2n) is 3.32. The average molecular weight is 162 g/mol. The molecule has 1 saturated carbocycles. The highest BCUT2D eigenvalue weighted by Gasteiger charge is 2.45. The van der Waals surface area contributed by atoms with Gasteiger partial charge in [-0.1, -0.05) is 0 Å². The average Bonchev–Trinajstić information content (AvgIpc) is 2.86. The van der Waals surface area contributed by atoms with Crippen molar-refractivity contribution in [2.24, 2.45) is 0 Å². The molecular formula is C9H10N2O. The molecule has 0 aromatic carbocycles. The molecule has 0 atom stereocenters. The summed E-state index contributed by atoms with van der Waals surface area (Å²) in [6, 6.07) is 0. The van der Waals surface area contributed by atoms with E-state index < -0.39 is 0 Å². The van der Waals surface area contributed by atoms with Gasteiger partial charge in [0.05, 0.1) is 16.8 Å². The molecule has 0 radical (unpaired) electrons. The number of rotatable bonds is 2. The first kappa shape index (κ1) is 7.40. The molecule has 1 fully saturated rings. The fourth-order valence-electron chi connectivity index (χ4n) is 1.22. The lowest BCUT2D eigenvalue weighted by atomic mass is 10.1. The fraction of sp³-hybridized carbons (Fsp3) is 0.444. The number of hydrogen-bond acceptors (Lipinski definition) is 3. The van der Waals surface area contributed by atoms with Gasteiger partial charge in [-0.2, -0.15) is 0 Å². The third-order valence-electron chi connectivity index (χ3n) is 2.31. The first-order valence-corrected chi connectivity index (χ1v) is 4.02. The van der Waals surface area contributed by atoms with Gasteiger partial charge in [-0.05, 0) is 19.8 Å². The van der Waals surface area contributed by atoms with Crippen LogP contribution in [-0.2, 0) is 10.2 Å². The Hall–Kier alpha value is -1.25. The number of aldehydes is 1. The zero-order valence-corrected chi connectivity index (χ0v) is 6.95. The standard InChI is InChI=1S/C9H10N2O/c1-7-4-11-8(5-10-7)9(6-12)2-3-9/h4-6H,2-3H2,1H3. The van der Waals surface area contributed by atoms with Gasteiger partial charge in [0.25, 0.3) is 0 Å². The Morgan fingerprint density at radius 1 is 1.42 bits per heavy atom. The van der Waals surface area contributed by atoms with Crippen LogP contribution in [0.1, 0.15) is 24.2 Å². The van der Waals surface area contributed by atoms with Gasteiger partial charge in [-0.15, -0.1) is 0 Å². The molecule has 1 aliphatic rings. The van der Waals surface area contributed by atoms with Crippen molar-refractivity contribution in [2.45, 2.75) is 25.2 Å². The van der Waals surface area contributed by atoms with Crippen LogP contribution in [0.25, 0.3) is 0 Å². The molecule has 62 valence electrons. The lowest BCUT2D eigenvalue weighted by Crippen LogP contribution is -2.10. The summed E-state index contributed by atoms with van der Waals surface area (Å²) in [4.78, 5) is 19.0. The third-order valence-corrected chi connectivity index (χ3v) is 2.31. The van der Waals surface area contributed by atoms with E-state index in [-0.39, 0.29) is 5.41 Å². The number of aryl methyl sites for hydroxylation is 1. The number of nitrogens with zero attached hydrogens (tertiary/aromatic N) is 2. The molecule has 3 heteroatoms. The van der Waals surface area contributed by atoms with E-state index in [0.29, 0.717) is 0 Å². The SMILES string of the molecule is Cc1cnc(C2(C=O)CC2)cn1. The molecule has 1 aromatic rings. The van der Waals surface area contributed by atoms with Crippen LogP contribution in [0.5, 0.6) is 0 Å². The van der Waals surface area contributed by atoms with Crippen molar-refractivity contribution in [1.82, 2.24) is 9.97 Å². The first-order valence-electron chi connectivity index (χ1n) is 4.02. The van der Waals surface area contributed by atoms with Crippen molar-refractivity contribution in [3.63, 3.8) is 0 Å². The molecule has 0 bridgehead atoms. The predicted octanol–water partition coefficient (Wildman–Crippen LogP) is 1.02. The van der Waals surface area contributed by atoms with Crippen LogP contribution in [-0.4, -0.2) is 16.3 Å². The monoisotopic (exact) mass is 162 g/mol. The lowest BCUT2D eigenvalue weighted by molar-refractivity contribution is -0.110. The van der Waals surface area contributed by atoms with Gasteiger partial charge in [0.2, 0.25) is 0 Å². The van der Waals surface area contributed by atoms with Gasteiger partial charge in [0.1, 0.15) is 6.29 Å². The molecule has 0 spiro atoms. The summed E-state index contributed by atoms with van der Waals surface area (Å²) in [5.74, 6) is 0. The van der Waals surface area contributed by atoms with E-state index in [9.17, 15) is 4.79 Å². The second kappa shape index (κ2) is 2.37. The topological polar surface area (TPSA) is 42.9 Å². The third kappa shape index (κ3) is 1.02. The quantitative estimate of drug-likeness (QED) is 0.609. The Morgan fingerprint density at radius 2 is 2.17 bits per heavy atom. The maximum absolute atomic E-state index is 10.7. The molecule has 1 aliphatic carbocycles. The van der Waals surface area contributed by atoms with Crippen molar-refractivity contribution in [1.29, 1.82) is 0 Å². The van der Waals surface area contributed by atoms with Crippen molar-refractivity contribution in [3.8, 4) is 0 Å². The van der Waals surface area contributed by atoms with E-state index in [2.05, 4.69) is 9.97 Å². The minimum Gasteiger partial charge on any atom is -0.302 e. The summed E-state index contributed by atoms with van der Waals surface area (Å²) in [5, 5.41) is 0. The second-order valence-corrected chi connectivity index (χ2v) is 3.32. The van der Waals surface area contributed by atoms with Crippen molar-refractivity contribution in [2.75, 3.05) is 0 Å². The molecule has 0 aliphatic heterocycles. The maximum Gasteiger partial charge on any atom is 0.132 e. The summed E-state index contributed by atoms with van der Waals surface area (Å²) in [7, 11) is 0. The maximum atomic E-state index is 10.7. The minimum absolute atomic E-state index is 0.277. The van der Waals surface area contributed by atoms with Gasteiger partial charge >= 0.3 is 0 Å². The highest BCUT2D eigenvalue weighted by molar-refractivity contribution is 5.71. The summed E-state index contributed by atoms with van der Waals surface area (Å²) in [6.45, 7) is 1.89. The van der Waals surface area contributed by atoms with Crippen LogP contribution in [0, 0.1) is 6.92 Å². The van der Waals surface area contributed by atoms with Gasteiger partial charge < -0.3 is 4.79 Å². The van der Waals surface area contributed by atoms with Crippen LogP contribution >= 0.6 is 0 Å². The highest BCUT2D eigenvalue weighted by Crippen LogP contribution is 2.44. The molecule has 12 heavy (non-hydrogen) atoms. The molecule has 2 rings (SSSR count). The summed E-state index contributed by atoms with van der Waals surface area (Å²) >= 11 is 0. The number of carbonyl (C=O) groups is 1. The van der Waals surface area contributed by atoms with Crippen molar-refractivity contribution in [3.05, 3.63) is 23.8 Å². The molecule has 3 nitrogen and oxygen atoms in total. The molecule has 0 N–H and O–H groups in total. The van der Waals surface area contributed by atoms with Crippen molar-refractivity contribution < 1.29 is 4.79 Å². The van der Waals surface area contributed by atoms with Gasteiger partial charge in [0, 0.05) is 12.4 Å². The van der Waals surface area contributed by atoms with Gasteiger partial charge in [0.15, 0.2) is 0 Å². The largest absolute Gasteiger partial charge is 0.302 e. The highest BCUT2D eigenvalue weighted by atomic mass is 16.1. The molecule has 0 saturated heterocycles. The lowest BCUT2D eigenvalue weighted by Gasteiger charge is -2.04. The Kier molecular flexibility index (Phi) is 1.46. The van der Waals surface area contributed by atoms with Crippen LogP contribution in [0.3, 0.4) is 0 Å². The van der Waals surface area contributed by atoms with E-state index in [0.717, 1.165) is 30.5 Å². The Morgan fingerprint density at radius 3 is 2.58 bits per heavy atom. The van der Waals surface area contributed by atoms with E-state index in [4.69, 9.17) is 0 Å². The van der Waals surface area contributed by atoms with Crippen LogP contribution in [0.2, 0.25) is 0 Å².